The largest absolute Gasteiger partial charge is 0.375 e. The van der Waals surface area contributed by atoms with Crippen molar-refractivity contribution in [2.75, 3.05) is 0 Å². The van der Waals surface area contributed by atoms with Gasteiger partial charge in [-0.25, -0.2) is 5.01 Å². The Morgan fingerprint density at radius 2 is 1.97 bits per heavy atom. The molecule has 5 rings (SSSR count). The summed E-state index contributed by atoms with van der Waals surface area (Å²) in [6.07, 6.45) is 0.624. The van der Waals surface area contributed by atoms with Gasteiger partial charge in [0.2, 0.25) is 0 Å². The van der Waals surface area contributed by atoms with Gasteiger partial charge in [-0.15, -0.1) is 5.10 Å². The van der Waals surface area contributed by atoms with Crippen molar-refractivity contribution >= 4 is 51.2 Å². The van der Waals surface area contributed by atoms with Crippen LogP contribution in [-0.2, 0) is 0 Å². The van der Waals surface area contributed by atoms with E-state index in [-0.39, 0.29) is 11.2 Å². The summed E-state index contributed by atoms with van der Waals surface area (Å²) in [4.78, 5) is 0. The monoisotopic (exact) mass is 421 g/mol. The van der Waals surface area contributed by atoms with Gasteiger partial charge in [0.1, 0.15) is 0 Å². The molecule has 4 aromatic rings. The van der Waals surface area contributed by atoms with Crippen LogP contribution in [0.15, 0.2) is 53.6 Å². The highest BCUT2D eigenvalue weighted by molar-refractivity contribution is 7.80. The van der Waals surface area contributed by atoms with Crippen molar-refractivity contribution in [2.24, 2.45) is 10.8 Å². The van der Waals surface area contributed by atoms with Crippen molar-refractivity contribution in [3.05, 3.63) is 70.2 Å². The maximum absolute atomic E-state index is 6.03. The van der Waals surface area contributed by atoms with E-state index in [9.17, 15) is 0 Å². The second-order valence-electron chi connectivity index (χ2n) is 7.03. The van der Waals surface area contributed by atoms with E-state index < -0.39 is 0 Å². The van der Waals surface area contributed by atoms with E-state index in [1.54, 1.807) is 9.52 Å². The van der Waals surface area contributed by atoms with Crippen molar-refractivity contribution in [1.82, 2.24) is 25.0 Å². The third-order valence-electron chi connectivity index (χ3n) is 5.12. The van der Waals surface area contributed by atoms with Crippen LogP contribution in [0.2, 0.25) is 5.02 Å². The van der Waals surface area contributed by atoms with E-state index in [0.717, 1.165) is 33.3 Å². The van der Waals surface area contributed by atoms with Crippen molar-refractivity contribution in [3.8, 4) is 0 Å². The summed E-state index contributed by atoms with van der Waals surface area (Å²) in [5.74, 6) is 0. The number of benzene rings is 2. The normalized spacial score (nSPS) is 16.6. The van der Waals surface area contributed by atoms with Gasteiger partial charge in [0, 0.05) is 22.4 Å². The first kappa shape index (κ1) is 18.0. The molecule has 1 aliphatic heterocycles. The summed E-state index contributed by atoms with van der Waals surface area (Å²) in [7, 11) is 0. The first-order valence-electron chi connectivity index (χ1n) is 9.05. The lowest BCUT2D eigenvalue weighted by molar-refractivity contribution is 0.374. The van der Waals surface area contributed by atoms with E-state index in [4.69, 9.17) is 34.7 Å². The molecule has 1 aliphatic rings. The second-order valence-corrected chi connectivity index (χ2v) is 7.89. The average molecular weight is 422 g/mol. The van der Waals surface area contributed by atoms with E-state index >= 15 is 0 Å². The first-order chi connectivity index (χ1) is 14.0. The molecule has 0 bridgehead atoms. The maximum Gasteiger partial charge on any atom is 0.187 e. The molecular weight excluding hydrogens is 406 g/mol. The molecule has 2 aromatic heterocycles. The molecule has 1 atom stereocenters. The van der Waals surface area contributed by atoms with Crippen LogP contribution in [-0.4, -0.2) is 35.9 Å². The van der Waals surface area contributed by atoms with E-state index in [0.29, 0.717) is 17.1 Å². The fourth-order valence-electron chi connectivity index (χ4n) is 3.76. The van der Waals surface area contributed by atoms with Crippen molar-refractivity contribution < 1.29 is 0 Å². The van der Waals surface area contributed by atoms with Crippen molar-refractivity contribution in [3.63, 3.8) is 0 Å². The zero-order valence-electron chi connectivity index (χ0n) is 15.5. The minimum atomic E-state index is -0.198. The minimum absolute atomic E-state index is 0.198. The van der Waals surface area contributed by atoms with Crippen LogP contribution in [0.1, 0.15) is 29.2 Å². The highest BCUT2D eigenvalue weighted by Crippen LogP contribution is 2.36. The maximum atomic E-state index is 6.03. The number of nitrogens with zero attached hydrogens (tertiary/aromatic N) is 6. The van der Waals surface area contributed by atoms with Gasteiger partial charge in [-0.05, 0) is 65.5 Å². The van der Waals surface area contributed by atoms with Gasteiger partial charge < -0.3 is 5.73 Å². The summed E-state index contributed by atoms with van der Waals surface area (Å²) < 4.78 is 1.75. The fourth-order valence-corrected chi connectivity index (χ4v) is 4.06. The van der Waals surface area contributed by atoms with E-state index in [2.05, 4.69) is 34.6 Å². The number of tetrazole rings is 1. The zero-order chi connectivity index (χ0) is 20.1. The van der Waals surface area contributed by atoms with Gasteiger partial charge in [0.05, 0.1) is 17.3 Å². The number of fused-ring (bicyclic) bond motifs is 3. The van der Waals surface area contributed by atoms with Gasteiger partial charge in [-0.1, -0.05) is 35.4 Å². The van der Waals surface area contributed by atoms with Crippen LogP contribution in [0.4, 0.5) is 0 Å². The lowest BCUT2D eigenvalue weighted by Crippen LogP contribution is -2.32. The van der Waals surface area contributed by atoms with Crippen molar-refractivity contribution in [2.45, 2.75) is 19.4 Å². The average Bonchev–Trinajstić information content (AvgIpc) is 3.35. The number of pyridine rings is 1. The third-order valence-corrected chi connectivity index (χ3v) is 5.56. The molecule has 0 fully saturated rings. The molecule has 9 heteroatoms. The molecule has 2 aromatic carbocycles. The summed E-state index contributed by atoms with van der Waals surface area (Å²) in [5, 5.41) is 20.6. The van der Waals surface area contributed by atoms with Gasteiger partial charge in [-0.3, -0.25) is 0 Å². The molecule has 3 heterocycles. The number of halogens is 1. The number of aromatic nitrogens is 4. The summed E-state index contributed by atoms with van der Waals surface area (Å²) in [6, 6.07) is 15.7. The minimum Gasteiger partial charge on any atom is -0.375 e. The third kappa shape index (κ3) is 3.01. The Bertz CT molecular complexity index is 1300. The molecule has 144 valence electrons. The van der Waals surface area contributed by atoms with Crippen LogP contribution in [0.3, 0.4) is 0 Å². The van der Waals surface area contributed by atoms with Gasteiger partial charge >= 0.3 is 0 Å². The quantitative estimate of drug-likeness (QED) is 0.497. The number of hydrazone groups is 1. The standard InChI is InChI=1S/C20H16ClN7S/c1-11-2-7-17-13(8-11)9-15(19-23-25-26-27(17)19)18-10-16(24-28(18)20(22)29)12-3-5-14(21)6-4-12/h2-9,18H,10H2,1H3,(H2,22,29). The number of rotatable bonds is 2. The predicted molar refractivity (Wildman–Crippen MR) is 117 cm³/mol. The fraction of sp³-hybridized carbons (Fsp3) is 0.150. The summed E-state index contributed by atoms with van der Waals surface area (Å²) in [5.41, 5.74) is 11.6. The number of aryl methyl sites for hydroxylation is 1. The second kappa shape index (κ2) is 6.75. The highest BCUT2D eigenvalue weighted by Gasteiger charge is 2.33. The van der Waals surface area contributed by atoms with Crippen LogP contribution >= 0.6 is 23.8 Å². The Kier molecular flexibility index (Phi) is 4.18. The molecule has 2 N–H and O–H groups in total. The number of hydrogen-bond acceptors (Lipinski definition) is 5. The topological polar surface area (TPSA) is 84.7 Å². The van der Waals surface area contributed by atoms with Gasteiger partial charge in [0.15, 0.2) is 10.8 Å². The highest BCUT2D eigenvalue weighted by atomic mass is 35.5. The molecule has 0 saturated carbocycles. The molecule has 7 nitrogen and oxygen atoms in total. The Hall–Kier alpha value is -3.10. The van der Waals surface area contributed by atoms with E-state index in [1.165, 1.54) is 0 Å². The molecule has 0 saturated heterocycles. The molecule has 0 radical (unpaired) electrons. The lowest BCUT2D eigenvalue weighted by atomic mass is 9.97. The Labute approximate surface area is 176 Å². The number of hydrogen-bond donors (Lipinski definition) is 1. The molecule has 1 unspecified atom stereocenters. The number of nitrogens with two attached hydrogens (primary N) is 1. The lowest BCUT2D eigenvalue weighted by Gasteiger charge is -2.22. The van der Waals surface area contributed by atoms with Crippen LogP contribution in [0.5, 0.6) is 0 Å². The Morgan fingerprint density at radius 3 is 2.72 bits per heavy atom. The predicted octanol–water partition coefficient (Wildman–Crippen LogP) is 3.63. The molecule has 0 aliphatic carbocycles. The first-order valence-corrected chi connectivity index (χ1v) is 9.83. The van der Waals surface area contributed by atoms with Gasteiger partial charge in [-0.2, -0.15) is 9.62 Å². The van der Waals surface area contributed by atoms with E-state index in [1.807, 2.05) is 36.4 Å². The summed E-state index contributed by atoms with van der Waals surface area (Å²) >= 11 is 11.3. The summed E-state index contributed by atoms with van der Waals surface area (Å²) in [6.45, 7) is 2.06. The molecule has 29 heavy (non-hydrogen) atoms. The van der Waals surface area contributed by atoms with Crippen LogP contribution in [0.25, 0.3) is 16.6 Å². The van der Waals surface area contributed by atoms with Gasteiger partial charge in [0.25, 0.3) is 0 Å². The van der Waals surface area contributed by atoms with Crippen molar-refractivity contribution in [1.29, 1.82) is 0 Å². The zero-order valence-corrected chi connectivity index (χ0v) is 17.0. The molecular formula is C20H16ClN7S. The SMILES string of the molecule is Cc1ccc2c(c1)cc(C1CC(c3ccc(Cl)cc3)=NN1C(N)=S)c1nnnn12. The number of thiocarbonyl (C=S) groups is 1. The Morgan fingerprint density at radius 1 is 1.17 bits per heavy atom. The van der Waals surface area contributed by atoms with Crippen LogP contribution in [0, 0.1) is 6.92 Å². The van der Waals surface area contributed by atoms with Crippen LogP contribution < -0.4 is 5.73 Å². The molecule has 0 amide bonds. The Balaban J connectivity index is 1.66. The molecule has 0 spiro atoms. The smallest absolute Gasteiger partial charge is 0.187 e.